The molecule has 0 aromatic heterocycles. The molecule has 0 saturated carbocycles. The minimum Gasteiger partial charge on any atom is -0.311 e. The number of hydrogen-bond donors (Lipinski definition) is 1. The van der Waals surface area contributed by atoms with Crippen LogP contribution >= 0.6 is 23.2 Å². The van der Waals surface area contributed by atoms with Crippen LogP contribution in [-0.2, 0) is 6.54 Å². The molecule has 1 fully saturated rings. The van der Waals surface area contributed by atoms with Crippen LogP contribution in [0.4, 0.5) is 0 Å². The van der Waals surface area contributed by atoms with Crippen LogP contribution in [0.15, 0.2) is 79.4 Å². The number of nitrogens with one attached hydrogen (secondary N) is 1. The first kappa shape index (κ1) is 20.9. The van der Waals surface area contributed by atoms with Crippen LogP contribution in [0, 0.1) is 0 Å². The highest BCUT2D eigenvalue weighted by Gasteiger charge is 2.19. The number of piperazine rings is 1. The van der Waals surface area contributed by atoms with Crippen molar-refractivity contribution in [2.75, 3.05) is 19.6 Å². The van der Waals surface area contributed by atoms with Crippen molar-refractivity contribution in [3.8, 4) is 11.1 Å². The normalized spacial score (nSPS) is 18.1. The van der Waals surface area contributed by atoms with E-state index in [0.29, 0.717) is 16.1 Å². The van der Waals surface area contributed by atoms with Crippen molar-refractivity contribution in [3.63, 3.8) is 0 Å². The highest BCUT2D eigenvalue weighted by molar-refractivity contribution is 6.35. The fourth-order valence-electron chi connectivity index (χ4n) is 3.60. The van der Waals surface area contributed by atoms with Crippen molar-refractivity contribution in [3.05, 3.63) is 95.0 Å². The van der Waals surface area contributed by atoms with Crippen LogP contribution in [0.5, 0.6) is 0 Å². The van der Waals surface area contributed by atoms with Crippen LogP contribution in [-0.4, -0.2) is 30.6 Å². The highest BCUT2D eigenvalue weighted by atomic mass is 35.5. The summed E-state index contributed by atoms with van der Waals surface area (Å²) in [6.45, 7) is 11.7. The van der Waals surface area contributed by atoms with Crippen LogP contribution in [0.2, 0.25) is 10.0 Å². The second kappa shape index (κ2) is 10.1. The number of allylic oxidation sites excluding steroid dienone is 3. The molecule has 0 radical (unpaired) electrons. The van der Waals surface area contributed by atoms with E-state index in [1.165, 1.54) is 11.1 Å². The maximum Gasteiger partial charge on any atom is 0.0485 e. The van der Waals surface area contributed by atoms with E-state index in [1.54, 1.807) is 0 Å². The Bertz CT molecular complexity index is 855. The van der Waals surface area contributed by atoms with Gasteiger partial charge in [0.05, 0.1) is 0 Å². The number of halogens is 2. The quantitative estimate of drug-likeness (QED) is 0.550. The maximum absolute atomic E-state index is 6.33. The lowest BCUT2D eigenvalue weighted by Gasteiger charge is -2.34. The van der Waals surface area contributed by atoms with E-state index in [2.05, 4.69) is 47.6 Å². The van der Waals surface area contributed by atoms with E-state index in [-0.39, 0.29) is 0 Å². The minimum atomic E-state index is 0.433. The lowest BCUT2D eigenvalue weighted by atomic mass is 10.0. The molecule has 1 aliphatic rings. The van der Waals surface area contributed by atoms with Gasteiger partial charge in [-0.15, -0.1) is 0 Å². The first-order valence-corrected chi connectivity index (χ1v) is 10.3. The molecule has 4 heteroatoms. The molecule has 2 aromatic rings. The van der Waals surface area contributed by atoms with Crippen molar-refractivity contribution in [1.82, 2.24) is 10.2 Å². The van der Waals surface area contributed by atoms with Gasteiger partial charge in [-0.25, -0.2) is 0 Å². The first-order valence-electron chi connectivity index (χ1n) is 9.53. The van der Waals surface area contributed by atoms with Gasteiger partial charge in [0.15, 0.2) is 0 Å². The van der Waals surface area contributed by atoms with E-state index in [9.17, 15) is 0 Å². The summed E-state index contributed by atoms with van der Waals surface area (Å²) in [5.41, 5.74) is 4.57. The Labute approximate surface area is 178 Å². The number of rotatable bonds is 7. The molecule has 0 spiro atoms. The molecule has 2 aromatic carbocycles. The van der Waals surface area contributed by atoms with Crippen LogP contribution in [0.1, 0.15) is 12.0 Å². The molecular formula is C24H26Cl2N2. The molecule has 2 nitrogen and oxygen atoms in total. The van der Waals surface area contributed by atoms with Gasteiger partial charge in [-0.1, -0.05) is 78.9 Å². The standard InChI is InChI=1S/C24H26Cl2N2/c1-3-5-18(4-2)14-22-17-28(13-12-27-22)16-19-6-8-20(9-7-19)23-15-21(25)10-11-24(23)26/h3-11,15,22,27H,1-2,12-14,16-17H2/b18-5+. The van der Waals surface area contributed by atoms with E-state index in [0.717, 1.165) is 43.7 Å². The van der Waals surface area contributed by atoms with Crippen LogP contribution in [0.25, 0.3) is 11.1 Å². The molecule has 0 aliphatic carbocycles. The van der Waals surface area contributed by atoms with Gasteiger partial charge in [0.2, 0.25) is 0 Å². The summed E-state index contributed by atoms with van der Waals surface area (Å²) in [4.78, 5) is 2.50. The molecular weight excluding hydrogens is 387 g/mol. The fraction of sp³-hybridized carbons (Fsp3) is 0.250. The molecule has 0 bridgehead atoms. The number of benzene rings is 2. The van der Waals surface area contributed by atoms with Gasteiger partial charge >= 0.3 is 0 Å². The third-order valence-electron chi connectivity index (χ3n) is 5.02. The monoisotopic (exact) mass is 412 g/mol. The summed E-state index contributed by atoms with van der Waals surface area (Å²) in [7, 11) is 0. The van der Waals surface area contributed by atoms with Crippen molar-refractivity contribution >= 4 is 23.2 Å². The topological polar surface area (TPSA) is 15.3 Å². The second-order valence-electron chi connectivity index (χ2n) is 7.09. The Morgan fingerprint density at radius 1 is 1.14 bits per heavy atom. The first-order chi connectivity index (χ1) is 13.6. The Hall–Kier alpha value is -1.84. The molecule has 1 heterocycles. The molecule has 1 atom stereocenters. The van der Waals surface area contributed by atoms with Crippen molar-refractivity contribution in [2.45, 2.75) is 19.0 Å². The maximum atomic E-state index is 6.33. The zero-order valence-corrected chi connectivity index (χ0v) is 17.5. The Morgan fingerprint density at radius 2 is 1.93 bits per heavy atom. The zero-order valence-electron chi connectivity index (χ0n) is 16.0. The average molecular weight is 413 g/mol. The van der Waals surface area contributed by atoms with E-state index in [4.69, 9.17) is 23.2 Å². The highest BCUT2D eigenvalue weighted by Crippen LogP contribution is 2.30. The summed E-state index contributed by atoms with van der Waals surface area (Å²) in [5.74, 6) is 0. The summed E-state index contributed by atoms with van der Waals surface area (Å²) < 4.78 is 0. The predicted octanol–water partition coefficient (Wildman–Crippen LogP) is 6.12. The SMILES string of the molecule is C=C/C=C(\C=C)CC1CN(Cc2ccc(-c3cc(Cl)ccc3Cl)cc2)CCN1. The van der Waals surface area contributed by atoms with E-state index >= 15 is 0 Å². The summed E-state index contributed by atoms with van der Waals surface area (Å²) in [6, 6.07) is 14.6. The van der Waals surface area contributed by atoms with Gasteiger partial charge < -0.3 is 5.32 Å². The predicted molar refractivity (Wildman–Crippen MR) is 122 cm³/mol. The van der Waals surface area contributed by atoms with Gasteiger partial charge in [0.1, 0.15) is 0 Å². The Morgan fingerprint density at radius 3 is 2.64 bits per heavy atom. The van der Waals surface area contributed by atoms with Crippen LogP contribution < -0.4 is 5.32 Å². The van der Waals surface area contributed by atoms with Crippen molar-refractivity contribution < 1.29 is 0 Å². The summed E-state index contributed by atoms with van der Waals surface area (Å²) in [6.07, 6.45) is 6.75. The Balaban J connectivity index is 1.63. The zero-order chi connectivity index (χ0) is 19.9. The lowest BCUT2D eigenvalue weighted by Crippen LogP contribution is -2.50. The largest absolute Gasteiger partial charge is 0.311 e. The third-order valence-corrected chi connectivity index (χ3v) is 5.58. The van der Waals surface area contributed by atoms with Gasteiger partial charge in [-0.3, -0.25) is 4.90 Å². The third kappa shape index (κ3) is 5.59. The molecule has 1 aliphatic heterocycles. The second-order valence-corrected chi connectivity index (χ2v) is 7.94. The summed E-state index contributed by atoms with van der Waals surface area (Å²) >= 11 is 12.4. The van der Waals surface area contributed by atoms with E-state index < -0.39 is 0 Å². The molecule has 1 saturated heterocycles. The molecule has 28 heavy (non-hydrogen) atoms. The molecule has 0 amide bonds. The van der Waals surface area contributed by atoms with Crippen molar-refractivity contribution in [1.29, 1.82) is 0 Å². The summed E-state index contributed by atoms with van der Waals surface area (Å²) in [5, 5.41) is 5.02. The number of nitrogens with zero attached hydrogens (tertiary/aromatic N) is 1. The van der Waals surface area contributed by atoms with E-state index in [1.807, 2.05) is 36.4 Å². The van der Waals surface area contributed by atoms with Gasteiger partial charge in [-0.05, 0) is 41.3 Å². The average Bonchev–Trinajstić information content (AvgIpc) is 2.70. The minimum absolute atomic E-state index is 0.433. The molecule has 3 rings (SSSR count). The molecule has 1 unspecified atom stereocenters. The van der Waals surface area contributed by atoms with Crippen LogP contribution in [0.3, 0.4) is 0 Å². The Kier molecular flexibility index (Phi) is 7.52. The van der Waals surface area contributed by atoms with Crippen molar-refractivity contribution in [2.24, 2.45) is 0 Å². The number of hydrogen-bond acceptors (Lipinski definition) is 2. The fourth-order valence-corrected chi connectivity index (χ4v) is 4.00. The molecule has 146 valence electrons. The van der Waals surface area contributed by atoms with Gasteiger partial charge in [-0.2, -0.15) is 0 Å². The van der Waals surface area contributed by atoms with Gasteiger partial charge in [0, 0.05) is 47.8 Å². The molecule has 1 N–H and O–H groups in total. The lowest BCUT2D eigenvalue weighted by molar-refractivity contribution is 0.192. The van der Waals surface area contributed by atoms with Gasteiger partial charge in [0.25, 0.3) is 0 Å². The smallest absolute Gasteiger partial charge is 0.0485 e.